The lowest BCUT2D eigenvalue weighted by Crippen LogP contribution is -2.17. The maximum absolute atomic E-state index is 9.06. The van der Waals surface area contributed by atoms with Gasteiger partial charge in [0.25, 0.3) is 0 Å². The second-order valence-electron chi connectivity index (χ2n) is 5.65. The summed E-state index contributed by atoms with van der Waals surface area (Å²) in [5.74, 6) is 1.51. The molecule has 3 rings (SSSR count). The molecule has 1 fully saturated rings. The second kappa shape index (κ2) is 5.87. The van der Waals surface area contributed by atoms with Gasteiger partial charge in [0.05, 0.1) is 28.8 Å². The molecular formula is C17H21N3O. The molecule has 4 nitrogen and oxygen atoms in total. The summed E-state index contributed by atoms with van der Waals surface area (Å²) in [5.41, 5.74) is 2.73. The minimum atomic E-state index is 0.271. The molecule has 0 saturated carbocycles. The quantitative estimate of drug-likeness (QED) is 0.861. The van der Waals surface area contributed by atoms with E-state index in [2.05, 4.69) is 24.5 Å². The molecule has 2 unspecified atom stereocenters. The van der Waals surface area contributed by atoms with Crippen LogP contribution in [0, 0.1) is 11.3 Å². The Morgan fingerprint density at radius 3 is 3.00 bits per heavy atom. The molecule has 1 aromatic carbocycles. The Balaban J connectivity index is 2.12. The number of ether oxygens (including phenoxy) is 1. The number of imidazole rings is 1. The molecule has 2 atom stereocenters. The van der Waals surface area contributed by atoms with E-state index in [1.807, 2.05) is 18.2 Å². The summed E-state index contributed by atoms with van der Waals surface area (Å²) in [6.07, 6.45) is 3.40. The van der Waals surface area contributed by atoms with Crippen molar-refractivity contribution in [3.05, 3.63) is 29.6 Å². The van der Waals surface area contributed by atoms with Crippen LogP contribution in [0.25, 0.3) is 11.0 Å². The van der Waals surface area contributed by atoms with Crippen LogP contribution in [-0.2, 0) is 11.3 Å². The van der Waals surface area contributed by atoms with E-state index < -0.39 is 0 Å². The standard InChI is InChI=1S/C17H21N3O/c1-3-8-20-15-6-5-12(11-18)10-14(15)19-17(20)13-7-9-21-16(13)4-2/h5-6,10,13,16H,3-4,7-9H2,1-2H3. The van der Waals surface area contributed by atoms with Crippen LogP contribution in [0.15, 0.2) is 18.2 Å². The monoisotopic (exact) mass is 283 g/mol. The summed E-state index contributed by atoms with van der Waals surface area (Å²) in [4.78, 5) is 4.85. The molecule has 21 heavy (non-hydrogen) atoms. The Labute approximate surface area is 125 Å². The fraction of sp³-hybridized carbons (Fsp3) is 0.529. The van der Waals surface area contributed by atoms with E-state index in [0.29, 0.717) is 11.5 Å². The molecule has 2 aromatic rings. The summed E-state index contributed by atoms with van der Waals surface area (Å²) in [7, 11) is 0. The molecule has 0 spiro atoms. The fourth-order valence-corrected chi connectivity index (χ4v) is 3.31. The summed E-state index contributed by atoms with van der Waals surface area (Å²) in [5, 5.41) is 9.06. The van der Waals surface area contributed by atoms with Crippen LogP contribution in [-0.4, -0.2) is 22.3 Å². The van der Waals surface area contributed by atoms with Gasteiger partial charge < -0.3 is 9.30 Å². The van der Waals surface area contributed by atoms with Gasteiger partial charge in [-0.05, 0) is 37.5 Å². The van der Waals surface area contributed by atoms with Gasteiger partial charge in [0, 0.05) is 19.1 Å². The highest BCUT2D eigenvalue weighted by Gasteiger charge is 2.32. The zero-order valence-corrected chi connectivity index (χ0v) is 12.7. The molecule has 0 radical (unpaired) electrons. The van der Waals surface area contributed by atoms with Crippen molar-refractivity contribution in [1.29, 1.82) is 5.26 Å². The van der Waals surface area contributed by atoms with E-state index in [4.69, 9.17) is 15.0 Å². The molecule has 0 N–H and O–H groups in total. The summed E-state index contributed by atoms with van der Waals surface area (Å²) >= 11 is 0. The molecule has 0 amide bonds. The van der Waals surface area contributed by atoms with Crippen molar-refractivity contribution >= 4 is 11.0 Å². The first-order chi connectivity index (χ1) is 10.3. The molecule has 2 heterocycles. The minimum absolute atomic E-state index is 0.271. The third-order valence-corrected chi connectivity index (χ3v) is 4.30. The van der Waals surface area contributed by atoms with E-state index in [1.165, 1.54) is 0 Å². The number of aryl methyl sites for hydroxylation is 1. The number of nitriles is 1. The lowest BCUT2D eigenvalue weighted by molar-refractivity contribution is 0.0989. The maximum atomic E-state index is 9.06. The third-order valence-electron chi connectivity index (χ3n) is 4.30. The average molecular weight is 283 g/mol. The molecule has 1 aromatic heterocycles. The first kappa shape index (κ1) is 14.1. The number of aromatic nitrogens is 2. The molecule has 0 bridgehead atoms. The van der Waals surface area contributed by atoms with Gasteiger partial charge in [-0.15, -0.1) is 0 Å². The number of hydrogen-bond donors (Lipinski definition) is 0. The van der Waals surface area contributed by atoms with Crippen molar-refractivity contribution in [3.8, 4) is 6.07 Å². The number of nitrogens with zero attached hydrogens (tertiary/aromatic N) is 3. The van der Waals surface area contributed by atoms with Crippen molar-refractivity contribution in [3.63, 3.8) is 0 Å². The molecular weight excluding hydrogens is 262 g/mol. The van der Waals surface area contributed by atoms with Crippen LogP contribution in [0.4, 0.5) is 0 Å². The first-order valence-corrected chi connectivity index (χ1v) is 7.80. The zero-order valence-electron chi connectivity index (χ0n) is 12.7. The first-order valence-electron chi connectivity index (χ1n) is 7.80. The van der Waals surface area contributed by atoms with E-state index >= 15 is 0 Å². The van der Waals surface area contributed by atoms with Gasteiger partial charge in [-0.2, -0.15) is 5.26 Å². The van der Waals surface area contributed by atoms with E-state index in [-0.39, 0.29) is 6.10 Å². The average Bonchev–Trinajstić information content (AvgIpc) is 3.11. The topological polar surface area (TPSA) is 50.8 Å². The Morgan fingerprint density at radius 2 is 2.29 bits per heavy atom. The van der Waals surface area contributed by atoms with Gasteiger partial charge in [0.1, 0.15) is 5.82 Å². The van der Waals surface area contributed by atoms with Gasteiger partial charge in [-0.3, -0.25) is 0 Å². The normalized spacial score (nSPS) is 21.8. The van der Waals surface area contributed by atoms with Crippen LogP contribution >= 0.6 is 0 Å². The molecule has 4 heteroatoms. The highest BCUT2D eigenvalue weighted by molar-refractivity contribution is 5.78. The number of benzene rings is 1. The van der Waals surface area contributed by atoms with Crippen molar-refractivity contribution in [2.75, 3.05) is 6.61 Å². The van der Waals surface area contributed by atoms with Gasteiger partial charge in [-0.25, -0.2) is 4.98 Å². The van der Waals surface area contributed by atoms with Gasteiger partial charge in [0.15, 0.2) is 0 Å². The predicted octanol–water partition coefficient (Wildman–Crippen LogP) is 3.60. The highest BCUT2D eigenvalue weighted by Crippen LogP contribution is 2.34. The number of hydrogen-bond acceptors (Lipinski definition) is 3. The van der Waals surface area contributed by atoms with E-state index in [0.717, 1.165) is 49.3 Å². The Hall–Kier alpha value is -1.86. The van der Waals surface area contributed by atoms with E-state index in [9.17, 15) is 0 Å². The van der Waals surface area contributed by atoms with Gasteiger partial charge >= 0.3 is 0 Å². The predicted molar refractivity (Wildman–Crippen MR) is 82.1 cm³/mol. The highest BCUT2D eigenvalue weighted by atomic mass is 16.5. The van der Waals surface area contributed by atoms with Crippen molar-refractivity contribution in [2.24, 2.45) is 0 Å². The van der Waals surface area contributed by atoms with Crippen LogP contribution in [0.1, 0.15) is 50.4 Å². The zero-order chi connectivity index (χ0) is 14.8. The number of fused-ring (bicyclic) bond motifs is 1. The lowest BCUT2D eigenvalue weighted by atomic mass is 9.98. The van der Waals surface area contributed by atoms with Crippen LogP contribution in [0.3, 0.4) is 0 Å². The molecule has 1 saturated heterocycles. The van der Waals surface area contributed by atoms with Crippen LogP contribution in [0.2, 0.25) is 0 Å². The van der Waals surface area contributed by atoms with Crippen molar-refractivity contribution < 1.29 is 4.74 Å². The Morgan fingerprint density at radius 1 is 1.43 bits per heavy atom. The lowest BCUT2D eigenvalue weighted by Gasteiger charge is -2.18. The van der Waals surface area contributed by atoms with Gasteiger partial charge in [0.2, 0.25) is 0 Å². The maximum Gasteiger partial charge on any atom is 0.115 e. The summed E-state index contributed by atoms with van der Waals surface area (Å²) < 4.78 is 8.16. The molecule has 1 aliphatic heterocycles. The Kier molecular flexibility index (Phi) is 3.94. The smallest absolute Gasteiger partial charge is 0.115 e. The SMILES string of the molecule is CCCn1c(C2CCOC2CC)nc2cc(C#N)ccc21. The third kappa shape index (κ3) is 2.43. The summed E-state index contributed by atoms with van der Waals surface area (Å²) in [6, 6.07) is 7.99. The fourth-order valence-electron chi connectivity index (χ4n) is 3.31. The second-order valence-corrected chi connectivity index (χ2v) is 5.65. The van der Waals surface area contributed by atoms with Crippen LogP contribution in [0.5, 0.6) is 0 Å². The molecule has 0 aliphatic carbocycles. The molecule has 1 aliphatic rings. The minimum Gasteiger partial charge on any atom is -0.377 e. The van der Waals surface area contributed by atoms with Crippen LogP contribution < -0.4 is 0 Å². The summed E-state index contributed by atoms with van der Waals surface area (Å²) in [6.45, 7) is 6.14. The molecule has 110 valence electrons. The number of rotatable bonds is 4. The van der Waals surface area contributed by atoms with Gasteiger partial charge in [-0.1, -0.05) is 13.8 Å². The Bertz CT molecular complexity index is 683. The van der Waals surface area contributed by atoms with E-state index in [1.54, 1.807) is 0 Å². The van der Waals surface area contributed by atoms with Crippen molar-refractivity contribution in [2.45, 2.75) is 51.7 Å². The largest absolute Gasteiger partial charge is 0.377 e. The van der Waals surface area contributed by atoms with Crippen molar-refractivity contribution in [1.82, 2.24) is 9.55 Å².